The smallest absolute Gasteiger partial charge is 0.306 e. The molecule has 26 heavy (non-hydrogen) atoms. The molecule has 10 heteroatoms. The van der Waals surface area contributed by atoms with Gasteiger partial charge in [0.25, 0.3) is 5.56 Å². The molecule has 10 nitrogen and oxygen atoms in total. The lowest BCUT2D eigenvalue weighted by Gasteiger charge is -2.14. The SMILES string of the molecule is [2H]C[C@H]1O[C@@H](n2ncc3c(=O)[nH]c(C)nc32)CC1OC(=O)CCC(=O)NC. The van der Waals surface area contributed by atoms with Crippen molar-refractivity contribution in [3.05, 3.63) is 22.4 Å². The third-order valence-corrected chi connectivity index (χ3v) is 4.15. The quantitative estimate of drug-likeness (QED) is 0.724. The maximum Gasteiger partial charge on any atom is 0.306 e. The summed E-state index contributed by atoms with van der Waals surface area (Å²) in [4.78, 5) is 42.1. The van der Waals surface area contributed by atoms with E-state index in [1.807, 2.05) is 0 Å². The average molecular weight is 364 g/mol. The molecule has 0 saturated carbocycles. The van der Waals surface area contributed by atoms with E-state index in [4.69, 9.17) is 10.8 Å². The van der Waals surface area contributed by atoms with Crippen molar-refractivity contribution in [3.8, 4) is 0 Å². The lowest BCUT2D eigenvalue weighted by molar-refractivity contribution is -0.152. The van der Waals surface area contributed by atoms with Crippen molar-refractivity contribution in [1.82, 2.24) is 25.1 Å². The predicted octanol–water partition coefficient (Wildman–Crippen LogP) is 0.173. The second-order valence-corrected chi connectivity index (χ2v) is 6.04. The molecule has 0 spiro atoms. The lowest BCUT2D eigenvalue weighted by atomic mass is 10.2. The van der Waals surface area contributed by atoms with Crippen LogP contribution in [0.1, 0.15) is 39.6 Å². The Kier molecular flexibility index (Phi) is 4.65. The van der Waals surface area contributed by atoms with Crippen molar-refractivity contribution in [2.45, 2.75) is 51.5 Å². The zero-order valence-electron chi connectivity index (χ0n) is 15.5. The minimum Gasteiger partial charge on any atom is -0.459 e. The largest absolute Gasteiger partial charge is 0.459 e. The van der Waals surface area contributed by atoms with E-state index in [-0.39, 0.29) is 37.6 Å². The summed E-state index contributed by atoms with van der Waals surface area (Å²) in [5.41, 5.74) is 0.0764. The van der Waals surface area contributed by atoms with Crippen LogP contribution in [-0.4, -0.2) is 50.9 Å². The van der Waals surface area contributed by atoms with Gasteiger partial charge in [0.1, 0.15) is 17.3 Å². The maximum atomic E-state index is 12.0. The van der Waals surface area contributed by atoms with Crippen LogP contribution in [0.3, 0.4) is 0 Å². The number of H-pyrrole nitrogens is 1. The van der Waals surface area contributed by atoms with Gasteiger partial charge in [-0.15, -0.1) is 0 Å². The van der Waals surface area contributed by atoms with E-state index in [0.717, 1.165) is 0 Å². The van der Waals surface area contributed by atoms with Crippen LogP contribution in [0, 0.1) is 6.92 Å². The Morgan fingerprint density at radius 3 is 3.08 bits per heavy atom. The van der Waals surface area contributed by atoms with Crippen LogP contribution in [-0.2, 0) is 19.1 Å². The second-order valence-electron chi connectivity index (χ2n) is 6.04. The van der Waals surface area contributed by atoms with E-state index < -0.39 is 24.4 Å². The number of ether oxygens (including phenoxy) is 2. The third-order valence-electron chi connectivity index (χ3n) is 4.15. The minimum atomic E-state index is -0.632. The highest BCUT2D eigenvalue weighted by Gasteiger charge is 2.37. The zero-order valence-corrected chi connectivity index (χ0v) is 14.5. The van der Waals surface area contributed by atoms with Gasteiger partial charge in [-0.25, -0.2) is 9.67 Å². The maximum absolute atomic E-state index is 12.0. The average Bonchev–Trinajstić information content (AvgIpc) is 3.23. The van der Waals surface area contributed by atoms with Crippen molar-refractivity contribution in [2.75, 3.05) is 7.05 Å². The fourth-order valence-corrected chi connectivity index (χ4v) is 2.80. The summed E-state index contributed by atoms with van der Waals surface area (Å²) in [6, 6.07) is 0. The van der Waals surface area contributed by atoms with Gasteiger partial charge in [-0.05, 0) is 13.8 Å². The van der Waals surface area contributed by atoms with Crippen LogP contribution < -0.4 is 10.9 Å². The van der Waals surface area contributed by atoms with Gasteiger partial charge in [0.05, 0.1) is 18.7 Å². The number of esters is 1. The van der Waals surface area contributed by atoms with Crippen molar-refractivity contribution in [2.24, 2.45) is 0 Å². The van der Waals surface area contributed by atoms with Crippen LogP contribution >= 0.6 is 0 Å². The molecule has 3 heterocycles. The molecule has 1 fully saturated rings. The number of aromatic amines is 1. The summed E-state index contributed by atoms with van der Waals surface area (Å²) < 4.78 is 20.3. The molecule has 2 N–H and O–H groups in total. The van der Waals surface area contributed by atoms with Crippen LogP contribution in [0.2, 0.25) is 0 Å². The van der Waals surface area contributed by atoms with Gasteiger partial charge < -0.3 is 19.8 Å². The van der Waals surface area contributed by atoms with E-state index in [1.54, 1.807) is 6.92 Å². The van der Waals surface area contributed by atoms with E-state index >= 15 is 0 Å². The molecular weight excluding hydrogens is 342 g/mol. The normalized spacial score (nSPS) is 23.0. The monoisotopic (exact) mass is 364 g/mol. The highest BCUT2D eigenvalue weighted by atomic mass is 16.6. The molecule has 3 rings (SSSR count). The number of amides is 1. The van der Waals surface area contributed by atoms with Gasteiger partial charge in [-0.2, -0.15) is 5.10 Å². The lowest BCUT2D eigenvalue weighted by Crippen LogP contribution is -2.26. The van der Waals surface area contributed by atoms with E-state index in [1.165, 1.54) is 17.9 Å². The first-order chi connectivity index (χ1) is 12.9. The molecule has 2 aromatic heterocycles. The van der Waals surface area contributed by atoms with Crippen molar-refractivity contribution >= 4 is 22.9 Å². The summed E-state index contributed by atoms with van der Waals surface area (Å²) in [7, 11) is 1.49. The first kappa shape index (κ1) is 16.7. The van der Waals surface area contributed by atoms with Gasteiger partial charge >= 0.3 is 5.97 Å². The Hall–Kier alpha value is -2.75. The highest BCUT2D eigenvalue weighted by Crippen LogP contribution is 2.31. The van der Waals surface area contributed by atoms with Gasteiger partial charge in [0.2, 0.25) is 5.91 Å². The Bertz CT molecular complexity index is 910. The van der Waals surface area contributed by atoms with E-state index in [2.05, 4.69) is 20.4 Å². The van der Waals surface area contributed by atoms with Gasteiger partial charge in [-0.3, -0.25) is 14.4 Å². The molecule has 0 radical (unpaired) electrons. The fourth-order valence-electron chi connectivity index (χ4n) is 2.80. The summed E-state index contributed by atoms with van der Waals surface area (Å²) >= 11 is 0. The molecule has 2 aromatic rings. The van der Waals surface area contributed by atoms with Gasteiger partial charge in [0.15, 0.2) is 11.9 Å². The first-order valence-electron chi connectivity index (χ1n) is 8.92. The minimum absolute atomic E-state index is 0.0354. The van der Waals surface area contributed by atoms with Crippen molar-refractivity contribution < 1.29 is 20.4 Å². The number of hydrogen-bond acceptors (Lipinski definition) is 7. The van der Waals surface area contributed by atoms with Crippen molar-refractivity contribution in [1.29, 1.82) is 0 Å². The molecular formula is C16H21N5O5. The molecule has 0 aliphatic carbocycles. The summed E-state index contributed by atoms with van der Waals surface area (Å²) in [6.45, 7) is 1.56. The molecule has 1 aliphatic heterocycles. The fraction of sp³-hybridized carbons (Fsp3) is 0.562. The van der Waals surface area contributed by atoms with Gasteiger partial charge in [-0.1, -0.05) is 0 Å². The number of hydrogen-bond donors (Lipinski definition) is 2. The summed E-state index contributed by atoms with van der Waals surface area (Å²) in [6.07, 6.45) is -0.196. The molecule has 0 aromatic carbocycles. The standard InChI is InChI=1S/C16H21N5O5/c1-8-11(26-14(23)5-4-12(22)17-3)6-13(25-8)21-15-10(7-18-21)16(24)20-9(2)19-15/h7-8,11,13H,4-6H2,1-3H3,(H,17,22)(H,19,20,24)/t8-,11?,13-/m1/s1/i1D. The molecule has 1 unspecified atom stereocenters. The van der Waals surface area contributed by atoms with Crippen LogP contribution in [0.5, 0.6) is 0 Å². The number of aromatic nitrogens is 4. The Balaban J connectivity index is 1.74. The summed E-state index contributed by atoms with van der Waals surface area (Å²) in [5.74, 6) is -0.331. The molecule has 1 aliphatic rings. The van der Waals surface area contributed by atoms with Crippen molar-refractivity contribution in [3.63, 3.8) is 0 Å². The molecule has 0 bridgehead atoms. The first-order valence-corrected chi connectivity index (χ1v) is 8.21. The number of rotatable bonds is 5. The third kappa shape index (κ3) is 3.59. The Labute approximate surface area is 150 Å². The van der Waals surface area contributed by atoms with Crippen LogP contribution in [0.15, 0.2) is 11.0 Å². The van der Waals surface area contributed by atoms with Crippen LogP contribution in [0.4, 0.5) is 0 Å². The van der Waals surface area contributed by atoms with E-state index in [9.17, 15) is 14.4 Å². The second kappa shape index (κ2) is 7.24. The molecule has 1 amide bonds. The predicted molar refractivity (Wildman–Crippen MR) is 90.3 cm³/mol. The molecule has 140 valence electrons. The number of carbonyl (C=O) groups is 2. The number of nitrogens with one attached hydrogen (secondary N) is 2. The Morgan fingerprint density at radius 1 is 1.54 bits per heavy atom. The number of carbonyl (C=O) groups excluding carboxylic acids is 2. The number of nitrogens with zero attached hydrogens (tertiary/aromatic N) is 3. The van der Waals surface area contributed by atoms with E-state index in [0.29, 0.717) is 16.9 Å². The molecule has 1 saturated heterocycles. The molecule has 3 atom stereocenters. The number of fused-ring (bicyclic) bond motifs is 1. The Morgan fingerprint density at radius 2 is 2.35 bits per heavy atom. The topological polar surface area (TPSA) is 128 Å². The van der Waals surface area contributed by atoms with Crippen LogP contribution in [0.25, 0.3) is 11.0 Å². The summed E-state index contributed by atoms with van der Waals surface area (Å²) in [5, 5.41) is 6.96. The zero-order chi connectivity index (χ0) is 19.6. The number of aryl methyl sites for hydroxylation is 1. The highest BCUT2D eigenvalue weighted by molar-refractivity contribution is 5.81. The van der Waals surface area contributed by atoms with Gasteiger partial charge in [0, 0.05) is 21.3 Å².